The van der Waals surface area contributed by atoms with Gasteiger partial charge in [-0.1, -0.05) is 25.8 Å². The van der Waals surface area contributed by atoms with Gasteiger partial charge in [0.05, 0.1) is 4.90 Å². The Balaban J connectivity index is 2.11. The Kier molecular flexibility index (Phi) is 5.95. The summed E-state index contributed by atoms with van der Waals surface area (Å²) in [5.41, 5.74) is 0.122. The Bertz CT molecular complexity index is 713. The van der Waals surface area contributed by atoms with E-state index in [1.165, 1.54) is 24.3 Å². The summed E-state index contributed by atoms with van der Waals surface area (Å²) in [6, 6.07) is 4.59. The Morgan fingerprint density at radius 1 is 1.33 bits per heavy atom. The molecule has 0 aliphatic heterocycles. The fraction of sp³-hybridized carbons (Fsp3) is 0.500. The van der Waals surface area contributed by atoms with Crippen LogP contribution in [0, 0.1) is 0 Å². The maximum atomic E-state index is 12.2. The van der Waals surface area contributed by atoms with Crippen molar-refractivity contribution >= 4 is 21.9 Å². The van der Waals surface area contributed by atoms with Gasteiger partial charge in [-0.25, -0.2) is 17.9 Å². The largest absolute Gasteiger partial charge is 0.480 e. The summed E-state index contributed by atoms with van der Waals surface area (Å²) >= 11 is 0. The molecule has 3 N–H and O–H groups in total. The van der Waals surface area contributed by atoms with E-state index in [9.17, 15) is 18.0 Å². The van der Waals surface area contributed by atoms with Gasteiger partial charge in [-0.15, -0.1) is 0 Å². The van der Waals surface area contributed by atoms with Gasteiger partial charge in [-0.2, -0.15) is 0 Å². The molecule has 1 aliphatic rings. The fourth-order valence-electron chi connectivity index (χ4n) is 2.20. The van der Waals surface area contributed by atoms with Gasteiger partial charge >= 0.3 is 5.97 Å². The zero-order valence-electron chi connectivity index (χ0n) is 13.5. The van der Waals surface area contributed by atoms with E-state index in [-0.39, 0.29) is 16.5 Å². The quantitative estimate of drug-likeness (QED) is 0.622. The lowest BCUT2D eigenvalue weighted by molar-refractivity contribution is -0.139. The predicted octanol–water partition coefficient (Wildman–Crippen LogP) is 1.50. The molecule has 1 aromatic rings. The minimum atomic E-state index is -3.66. The highest BCUT2D eigenvalue weighted by Crippen LogP contribution is 2.22. The summed E-state index contributed by atoms with van der Waals surface area (Å²) < 4.78 is 26.9. The van der Waals surface area contributed by atoms with E-state index in [1.54, 1.807) is 0 Å². The summed E-state index contributed by atoms with van der Waals surface area (Å²) in [5, 5.41) is 11.6. The van der Waals surface area contributed by atoms with Crippen molar-refractivity contribution in [3.8, 4) is 0 Å². The number of carboxylic acids is 1. The highest BCUT2D eigenvalue weighted by molar-refractivity contribution is 7.89. The summed E-state index contributed by atoms with van der Waals surface area (Å²) in [7, 11) is -3.66. The van der Waals surface area contributed by atoms with Gasteiger partial charge < -0.3 is 10.4 Å². The molecule has 1 saturated carbocycles. The molecule has 1 aliphatic carbocycles. The van der Waals surface area contributed by atoms with Crippen LogP contribution in [-0.2, 0) is 14.8 Å². The number of rotatable bonds is 9. The molecule has 0 radical (unpaired) electrons. The maximum Gasteiger partial charge on any atom is 0.326 e. The zero-order chi connectivity index (χ0) is 17.7. The van der Waals surface area contributed by atoms with Gasteiger partial charge in [0, 0.05) is 11.6 Å². The normalized spacial score (nSPS) is 15.7. The van der Waals surface area contributed by atoms with E-state index >= 15 is 0 Å². The third kappa shape index (κ3) is 5.04. The van der Waals surface area contributed by atoms with Crippen molar-refractivity contribution in [2.75, 3.05) is 0 Å². The molecule has 0 saturated heterocycles. The average molecular weight is 354 g/mol. The van der Waals surface area contributed by atoms with Crippen LogP contribution in [-0.4, -0.2) is 37.5 Å². The second kappa shape index (κ2) is 7.76. The smallest absolute Gasteiger partial charge is 0.326 e. The average Bonchev–Trinajstić information content (AvgIpc) is 3.34. The van der Waals surface area contributed by atoms with Gasteiger partial charge in [0.2, 0.25) is 10.0 Å². The van der Waals surface area contributed by atoms with Crippen LogP contribution in [0.4, 0.5) is 0 Å². The van der Waals surface area contributed by atoms with E-state index in [4.69, 9.17) is 5.11 Å². The number of unbranched alkanes of at least 4 members (excludes halogenated alkanes) is 1. The topological polar surface area (TPSA) is 113 Å². The molecule has 7 nitrogen and oxygen atoms in total. The molecule has 2 rings (SSSR count). The molecule has 1 aromatic carbocycles. The first kappa shape index (κ1) is 18.4. The van der Waals surface area contributed by atoms with Crippen molar-refractivity contribution in [2.24, 2.45) is 0 Å². The predicted molar refractivity (Wildman–Crippen MR) is 88.2 cm³/mol. The molecule has 1 unspecified atom stereocenters. The number of carbonyl (C=O) groups is 2. The van der Waals surface area contributed by atoms with E-state index in [2.05, 4.69) is 10.0 Å². The molecule has 0 bridgehead atoms. The highest BCUT2D eigenvalue weighted by Gasteiger charge is 2.28. The highest BCUT2D eigenvalue weighted by atomic mass is 32.2. The Morgan fingerprint density at radius 3 is 2.62 bits per heavy atom. The molecule has 0 heterocycles. The number of amides is 1. The first-order chi connectivity index (χ1) is 11.3. The summed E-state index contributed by atoms with van der Waals surface area (Å²) in [6.07, 6.45) is 3.46. The van der Waals surface area contributed by atoms with Gasteiger partial charge in [0.25, 0.3) is 5.91 Å². The molecule has 132 valence electrons. The molecule has 1 atom stereocenters. The first-order valence-electron chi connectivity index (χ1n) is 7.99. The molecule has 1 amide bonds. The number of carbonyl (C=O) groups excluding carboxylic acids is 1. The molecule has 0 aromatic heterocycles. The van der Waals surface area contributed by atoms with Crippen LogP contribution < -0.4 is 10.0 Å². The molecule has 1 fully saturated rings. The van der Waals surface area contributed by atoms with Crippen molar-refractivity contribution in [1.29, 1.82) is 0 Å². The summed E-state index contributed by atoms with van der Waals surface area (Å²) in [4.78, 5) is 23.5. The van der Waals surface area contributed by atoms with Crippen molar-refractivity contribution in [1.82, 2.24) is 10.0 Å². The van der Waals surface area contributed by atoms with Crippen molar-refractivity contribution in [3.05, 3.63) is 29.8 Å². The standard InChI is InChI=1S/C16H22N2O5S/c1-2-3-7-14(16(20)21)17-15(19)11-5-4-6-13(10-11)24(22,23)18-12-8-9-12/h4-6,10,12,14,18H,2-3,7-9H2,1H3,(H,17,19)(H,20,21). The number of hydrogen-bond acceptors (Lipinski definition) is 4. The lowest BCUT2D eigenvalue weighted by Gasteiger charge is -2.14. The monoisotopic (exact) mass is 354 g/mol. The van der Waals surface area contributed by atoms with Crippen LogP contribution in [0.25, 0.3) is 0 Å². The first-order valence-corrected chi connectivity index (χ1v) is 9.48. The minimum Gasteiger partial charge on any atom is -0.480 e. The molecular formula is C16H22N2O5S. The second-order valence-electron chi connectivity index (χ2n) is 5.93. The van der Waals surface area contributed by atoms with Crippen LogP contribution in [0.1, 0.15) is 49.4 Å². The summed E-state index contributed by atoms with van der Waals surface area (Å²) in [5.74, 6) is -1.70. The molecular weight excluding hydrogens is 332 g/mol. The van der Waals surface area contributed by atoms with Gasteiger partial charge in [-0.05, 0) is 37.5 Å². The molecule has 24 heavy (non-hydrogen) atoms. The maximum absolute atomic E-state index is 12.2. The van der Waals surface area contributed by atoms with E-state index in [0.717, 1.165) is 19.3 Å². The van der Waals surface area contributed by atoms with Gasteiger partial charge in [0.15, 0.2) is 0 Å². The van der Waals surface area contributed by atoms with Crippen LogP contribution in [0.15, 0.2) is 29.2 Å². The number of carboxylic acid groups (broad SMARTS) is 1. The third-order valence-corrected chi connectivity index (χ3v) is 5.27. The third-order valence-electron chi connectivity index (χ3n) is 3.76. The van der Waals surface area contributed by atoms with Crippen molar-refractivity contribution in [2.45, 2.75) is 56.0 Å². The Labute approximate surface area is 141 Å². The minimum absolute atomic E-state index is 0.00230. The van der Waals surface area contributed by atoms with Crippen LogP contribution in [0.5, 0.6) is 0 Å². The SMILES string of the molecule is CCCCC(NC(=O)c1cccc(S(=O)(=O)NC2CC2)c1)C(=O)O. The van der Waals surface area contributed by atoms with Gasteiger partial charge in [0.1, 0.15) is 6.04 Å². The number of nitrogens with one attached hydrogen (secondary N) is 2. The van der Waals surface area contributed by atoms with E-state index < -0.39 is 27.9 Å². The van der Waals surface area contributed by atoms with E-state index in [0.29, 0.717) is 12.8 Å². The fourth-order valence-corrected chi connectivity index (χ4v) is 3.55. The number of benzene rings is 1. The Morgan fingerprint density at radius 2 is 2.04 bits per heavy atom. The number of hydrogen-bond donors (Lipinski definition) is 3. The number of aliphatic carboxylic acids is 1. The molecule has 0 spiro atoms. The Hall–Kier alpha value is -1.93. The van der Waals surface area contributed by atoms with Gasteiger partial charge in [-0.3, -0.25) is 4.79 Å². The lowest BCUT2D eigenvalue weighted by Crippen LogP contribution is -2.40. The van der Waals surface area contributed by atoms with Crippen molar-refractivity contribution < 1.29 is 23.1 Å². The molecule has 8 heteroatoms. The lowest BCUT2D eigenvalue weighted by atomic mass is 10.1. The number of sulfonamides is 1. The van der Waals surface area contributed by atoms with Crippen molar-refractivity contribution in [3.63, 3.8) is 0 Å². The summed E-state index contributed by atoms with van der Waals surface area (Å²) in [6.45, 7) is 1.93. The van der Waals surface area contributed by atoms with E-state index in [1.807, 2.05) is 6.92 Å². The van der Waals surface area contributed by atoms with Crippen LogP contribution >= 0.6 is 0 Å². The van der Waals surface area contributed by atoms with Crippen LogP contribution in [0.2, 0.25) is 0 Å². The second-order valence-corrected chi connectivity index (χ2v) is 7.64. The zero-order valence-corrected chi connectivity index (χ0v) is 14.3. The van der Waals surface area contributed by atoms with Crippen LogP contribution in [0.3, 0.4) is 0 Å².